The lowest BCUT2D eigenvalue weighted by molar-refractivity contribution is 0.234. The van der Waals surface area contributed by atoms with Crippen molar-refractivity contribution in [2.24, 2.45) is 0 Å². The van der Waals surface area contributed by atoms with E-state index < -0.39 is 0 Å². The van der Waals surface area contributed by atoms with Gasteiger partial charge in [0, 0.05) is 24.0 Å². The SMILES string of the molecule is CC(NCC(C)N(C)C1CC1)c1cc2ccccc2o1. The molecule has 2 aromatic rings. The molecule has 0 spiro atoms. The van der Waals surface area contributed by atoms with E-state index in [0.29, 0.717) is 6.04 Å². The summed E-state index contributed by atoms with van der Waals surface area (Å²) in [5.74, 6) is 1.02. The van der Waals surface area contributed by atoms with Crippen molar-refractivity contribution >= 4 is 11.0 Å². The van der Waals surface area contributed by atoms with Crippen molar-refractivity contribution in [3.05, 3.63) is 36.1 Å². The first-order chi connectivity index (χ1) is 9.65. The Morgan fingerprint density at radius 2 is 2.05 bits per heavy atom. The van der Waals surface area contributed by atoms with Crippen LogP contribution in [0.15, 0.2) is 34.7 Å². The van der Waals surface area contributed by atoms with E-state index in [1.165, 1.54) is 18.2 Å². The van der Waals surface area contributed by atoms with E-state index >= 15 is 0 Å². The standard InChI is InChI=1S/C17H24N2O/c1-12(19(3)15-8-9-15)11-18-13(2)17-10-14-6-4-5-7-16(14)20-17/h4-7,10,12-13,15,18H,8-9,11H2,1-3H3. The normalized spacial score (nSPS) is 18.6. The van der Waals surface area contributed by atoms with Crippen LogP contribution in [-0.2, 0) is 0 Å². The van der Waals surface area contributed by atoms with Crippen LogP contribution in [0.25, 0.3) is 11.0 Å². The maximum atomic E-state index is 5.91. The quantitative estimate of drug-likeness (QED) is 0.871. The Hall–Kier alpha value is -1.32. The molecule has 1 aromatic heterocycles. The minimum atomic E-state index is 0.248. The molecule has 1 aliphatic carbocycles. The fraction of sp³-hybridized carbons (Fsp3) is 0.529. The topological polar surface area (TPSA) is 28.4 Å². The minimum absolute atomic E-state index is 0.248. The summed E-state index contributed by atoms with van der Waals surface area (Å²) in [5, 5.41) is 4.77. The van der Waals surface area contributed by atoms with Gasteiger partial charge in [-0.05, 0) is 45.9 Å². The second-order valence-corrected chi connectivity index (χ2v) is 6.06. The monoisotopic (exact) mass is 272 g/mol. The van der Waals surface area contributed by atoms with E-state index in [1.54, 1.807) is 0 Å². The number of nitrogens with one attached hydrogen (secondary N) is 1. The summed E-state index contributed by atoms with van der Waals surface area (Å²) < 4.78 is 5.91. The van der Waals surface area contributed by atoms with Gasteiger partial charge in [0.25, 0.3) is 0 Å². The van der Waals surface area contributed by atoms with Gasteiger partial charge in [-0.25, -0.2) is 0 Å². The molecule has 1 fully saturated rings. The van der Waals surface area contributed by atoms with Gasteiger partial charge < -0.3 is 9.73 Å². The Balaban J connectivity index is 1.59. The zero-order chi connectivity index (χ0) is 14.1. The number of likely N-dealkylation sites (N-methyl/N-ethyl adjacent to an activating group) is 1. The van der Waals surface area contributed by atoms with Gasteiger partial charge in [0.15, 0.2) is 0 Å². The summed E-state index contributed by atoms with van der Waals surface area (Å²) in [4.78, 5) is 2.48. The lowest BCUT2D eigenvalue weighted by Crippen LogP contribution is -2.39. The number of rotatable bonds is 6. The highest BCUT2D eigenvalue weighted by Gasteiger charge is 2.29. The highest BCUT2D eigenvalue weighted by molar-refractivity contribution is 5.77. The van der Waals surface area contributed by atoms with Crippen LogP contribution in [0.3, 0.4) is 0 Å². The van der Waals surface area contributed by atoms with Crippen molar-refractivity contribution in [1.29, 1.82) is 0 Å². The van der Waals surface area contributed by atoms with Crippen LogP contribution >= 0.6 is 0 Å². The van der Waals surface area contributed by atoms with Crippen LogP contribution in [0.1, 0.15) is 38.5 Å². The zero-order valence-electron chi connectivity index (χ0n) is 12.6. The molecule has 0 aliphatic heterocycles. The Morgan fingerprint density at radius 3 is 2.75 bits per heavy atom. The maximum absolute atomic E-state index is 5.91. The van der Waals surface area contributed by atoms with Gasteiger partial charge in [-0.15, -0.1) is 0 Å². The molecule has 108 valence electrons. The van der Waals surface area contributed by atoms with Gasteiger partial charge in [-0.3, -0.25) is 4.90 Å². The van der Waals surface area contributed by atoms with Crippen molar-refractivity contribution in [2.75, 3.05) is 13.6 Å². The molecule has 2 unspecified atom stereocenters. The molecule has 1 heterocycles. The molecule has 1 aliphatic rings. The summed E-state index contributed by atoms with van der Waals surface area (Å²) in [7, 11) is 2.23. The molecule has 0 bridgehead atoms. The van der Waals surface area contributed by atoms with Crippen LogP contribution in [-0.4, -0.2) is 30.6 Å². The Labute approximate surface area is 120 Å². The smallest absolute Gasteiger partial charge is 0.134 e. The van der Waals surface area contributed by atoms with E-state index in [1.807, 2.05) is 18.2 Å². The molecule has 3 rings (SSSR count). The summed E-state index contributed by atoms with van der Waals surface area (Å²) >= 11 is 0. The van der Waals surface area contributed by atoms with Crippen molar-refractivity contribution in [3.8, 4) is 0 Å². The van der Waals surface area contributed by atoms with E-state index in [4.69, 9.17) is 4.42 Å². The molecular formula is C17H24N2O. The van der Waals surface area contributed by atoms with Gasteiger partial charge in [0.05, 0.1) is 6.04 Å². The number of benzene rings is 1. The molecule has 3 nitrogen and oxygen atoms in total. The summed E-state index contributed by atoms with van der Waals surface area (Å²) in [6, 6.07) is 11.9. The fourth-order valence-electron chi connectivity index (χ4n) is 2.65. The first-order valence-corrected chi connectivity index (χ1v) is 7.59. The molecule has 0 amide bonds. The van der Waals surface area contributed by atoms with Gasteiger partial charge in [-0.1, -0.05) is 18.2 Å². The lowest BCUT2D eigenvalue weighted by Gasteiger charge is -2.26. The minimum Gasteiger partial charge on any atom is -0.459 e. The van der Waals surface area contributed by atoms with Crippen molar-refractivity contribution < 1.29 is 4.42 Å². The van der Waals surface area contributed by atoms with E-state index in [-0.39, 0.29) is 6.04 Å². The van der Waals surface area contributed by atoms with Gasteiger partial charge in [0.2, 0.25) is 0 Å². The van der Waals surface area contributed by atoms with Crippen LogP contribution in [0.2, 0.25) is 0 Å². The van der Waals surface area contributed by atoms with E-state index in [0.717, 1.165) is 23.9 Å². The first-order valence-electron chi connectivity index (χ1n) is 7.59. The fourth-order valence-corrected chi connectivity index (χ4v) is 2.65. The first kappa shape index (κ1) is 13.7. The number of furan rings is 1. The molecule has 20 heavy (non-hydrogen) atoms. The van der Waals surface area contributed by atoms with Crippen molar-refractivity contribution in [1.82, 2.24) is 10.2 Å². The zero-order valence-corrected chi connectivity index (χ0v) is 12.6. The number of fused-ring (bicyclic) bond motifs is 1. The summed E-state index contributed by atoms with van der Waals surface area (Å²) in [6.07, 6.45) is 2.72. The third kappa shape index (κ3) is 2.89. The molecule has 2 atom stereocenters. The third-order valence-corrected chi connectivity index (χ3v) is 4.41. The second kappa shape index (κ2) is 5.58. The molecule has 3 heteroatoms. The van der Waals surface area contributed by atoms with Gasteiger partial charge in [-0.2, -0.15) is 0 Å². The highest BCUT2D eigenvalue weighted by atomic mass is 16.3. The van der Waals surface area contributed by atoms with Crippen molar-refractivity contribution in [2.45, 2.75) is 44.8 Å². The predicted molar refractivity (Wildman–Crippen MR) is 82.9 cm³/mol. The van der Waals surface area contributed by atoms with Crippen LogP contribution in [0, 0.1) is 0 Å². The van der Waals surface area contributed by atoms with Gasteiger partial charge in [0.1, 0.15) is 11.3 Å². The summed E-state index contributed by atoms with van der Waals surface area (Å²) in [5.41, 5.74) is 0.972. The number of nitrogens with zero attached hydrogens (tertiary/aromatic N) is 1. The average Bonchev–Trinajstić information content (AvgIpc) is 3.21. The molecule has 1 saturated carbocycles. The third-order valence-electron chi connectivity index (χ3n) is 4.41. The highest BCUT2D eigenvalue weighted by Crippen LogP contribution is 2.27. The Bertz CT molecular complexity index is 540. The molecule has 1 aromatic carbocycles. The van der Waals surface area contributed by atoms with Crippen LogP contribution in [0.5, 0.6) is 0 Å². The van der Waals surface area contributed by atoms with Crippen LogP contribution < -0.4 is 5.32 Å². The van der Waals surface area contributed by atoms with Gasteiger partial charge >= 0.3 is 0 Å². The maximum Gasteiger partial charge on any atom is 0.134 e. The van der Waals surface area contributed by atoms with E-state index in [9.17, 15) is 0 Å². The molecular weight excluding hydrogens is 248 g/mol. The average molecular weight is 272 g/mol. The number of hydrogen-bond donors (Lipinski definition) is 1. The number of para-hydroxylation sites is 1. The van der Waals surface area contributed by atoms with E-state index in [2.05, 4.69) is 43.2 Å². The molecule has 0 radical (unpaired) electrons. The number of hydrogen-bond acceptors (Lipinski definition) is 3. The lowest BCUT2D eigenvalue weighted by atomic mass is 10.2. The van der Waals surface area contributed by atoms with Crippen LogP contribution in [0.4, 0.5) is 0 Å². The Kier molecular flexibility index (Phi) is 3.81. The second-order valence-electron chi connectivity index (χ2n) is 6.06. The molecule has 0 saturated heterocycles. The predicted octanol–water partition coefficient (Wildman–Crippen LogP) is 3.57. The largest absolute Gasteiger partial charge is 0.459 e. The molecule has 1 N–H and O–H groups in total. The summed E-state index contributed by atoms with van der Waals surface area (Å²) in [6.45, 7) is 5.45. The van der Waals surface area contributed by atoms with Crippen molar-refractivity contribution in [3.63, 3.8) is 0 Å². The Morgan fingerprint density at radius 1 is 1.30 bits per heavy atom.